The maximum absolute atomic E-state index is 12.3. The SMILES string of the molecule is CCCC/C=C1\CCC(C)(CN(C)C)C1=O. The number of Topliss-reactive ketones (excluding diaryl/α,β-unsaturated/α-hetero) is 1. The fourth-order valence-corrected chi connectivity index (χ4v) is 2.55. The highest BCUT2D eigenvalue weighted by molar-refractivity contribution is 6.02. The van der Waals surface area contributed by atoms with Crippen molar-refractivity contribution >= 4 is 5.78 Å². The lowest BCUT2D eigenvalue weighted by Crippen LogP contribution is -2.34. The average Bonchev–Trinajstić information content (AvgIpc) is 2.45. The lowest BCUT2D eigenvalue weighted by atomic mass is 9.86. The molecule has 1 aliphatic carbocycles. The highest BCUT2D eigenvalue weighted by Gasteiger charge is 2.40. The molecule has 2 nitrogen and oxygen atoms in total. The number of carbonyl (C=O) groups excluding carboxylic acids is 1. The van der Waals surface area contributed by atoms with Gasteiger partial charge in [0.2, 0.25) is 0 Å². The first-order chi connectivity index (χ1) is 7.49. The molecule has 0 spiro atoms. The quantitative estimate of drug-likeness (QED) is 0.527. The smallest absolute Gasteiger partial charge is 0.165 e. The summed E-state index contributed by atoms with van der Waals surface area (Å²) in [6, 6.07) is 0. The van der Waals surface area contributed by atoms with Crippen molar-refractivity contribution < 1.29 is 4.79 Å². The number of ketones is 1. The zero-order valence-electron chi connectivity index (χ0n) is 11.2. The largest absolute Gasteiger partial charge is 0.308 e. The van der Waals surface area contributed by atoms with Crippen LogP contribution in [0, 0.1) is 5.41 Å². The van der Waals surface area contributed by atoms with Crippen LogP contribution in [0.5, 0.6) is 0 Å². The van der Waals surface area contributed by atoms with Gasteiger partial charge in [-0.2, -0.15) is 0 Å². The zero-order valence-corrected chi connectivity index (χ0v) is 11.2. The number of unbranched alkanes of at least 4 members (excludes halogenated alkanes) is 2. The maximum Gasteiger partial charge on any atom is 0.165 e. The Bertz CT molecular complexity index is 280. The summed E-state index contributed by atoms with van der Waals surface area (Å²) in [5, 5.41) is 0. The summed E-state index contributed by atoms with van der Waals surface area (Å²) < 4.78 is 0. The predicted molar refractivity (Wildman–Crippen MR) is 68.5 cm³/mol. The van der Waals surface area contributed by atoms with Crippen LogP contribution in [0.1, 0.15) is 46.0 Å². The summed E-state index contributed by atoms with van der Waals surface area (Å²) in [5.41, 5.74) is 0.944. The second-order valence-corrected chi connectivity index (χ2v) is 5.50. The van der Waals surface area contributed by atoms with Crippen LogP contribution in [0.3, 0.4) is 0 Å². The van der Waals surface area contributed by atoms with Crippen molar-refractivity contribution in [1.82, 2.24) is 4.90 Å². The third-order valence-corrected chi connectivity index (χ3v) is 3.40. The van der Waals surface area contributed by atoms with Crippen molar-refractivity contribution in [3.05, 3.63) is 11.6 Å². The molecule has 1 saturated carbocycles. The van der Waals surface area contributed by atoms with Gasteiger partial charge in [0.1, 0.15) is 0 Å². The summed E-state index contributed by atoms with van der Waals surface area (Å²) in [7, 11) is 4.08. The van der Waals surface area contributed by atoms with E-state index >= 15 is 0 Å². The minimum Gasteiger partial charge on any atom is -0.308 e. The molecule has 0 bridgehead atoms. The first kappa shape index (κ1) is 13.4. The Morgan fingerprint density at radius 1 is 1.44 bits per heavy atom. The van der Waals surface area contributed by atoms with Crippen molar-refractivity contribution in [2.75, 3.05) is 20.6 Å². The van der Waals surface area contributed by atoms with Gasteiger partial charge >= 0.3 is 0 Å². The highest BCUT2D eigenvalue weighted by atomic mass is 16.1. The number of hydrogen-bond donors (Lipinski definition) is 0. The minimum atomic E-state index is -0.137. The Labute approximate surface area is 99.7 Å². The summed E-state index contributed by atoms with van der Waals surface area (Å²) in [5.74, 6) is 0.386. The Morgan fingerprint density at radius 2 is 2.12 bits per heavy atom. The van der Waals surface area contributed by atoms with Crippen molar-refractivity contribution in [3.63, 3.8) is 0 Å². The number of allylic oxidation sites excluding steroid dienone is 2. The normalized spacial score (nSPS) is 28.3. The molecule has 1 rings (SSSR count). The van der Waals surface area contributed by atoms with E-state index in [1.165, 1.54) is 12.8 Å². The van der Waals surface area contributed by atoms with Crippen LogP contribution in [0.2, 0.25) is 0 Å². The van der Waals surface area contributed by atoms with Gasteiger partial charge in [-0.25, -0.2) is 0 Å². The lowest BCUT2D eigenvalue weighted by Gasteiger charge is -2.25. The van der Waals surface area contributed by atoms with E-state index in [4.69, 9.17) is 0 Å². The van der Waals surface area contributed by atoms with Crippen LogP contribution < -0.4 is 0 Å². The molecule has 0 aromatic carbocycles. The Balaban J connectivity index is 2.62. The summed E-state index contributed by atoms with van der Waals surface area (Å²) >= 11 is 0. The van der Waals surface area contributed by atoms with Gasteiger partial charge in [-0.3, -0.25) is 4.79 Å². The standard InChI is InChI=1S/C14H25NO/c1-5-6-7-8-12-9-10-14(2,13(12)16)11-15(3)4/h8H,5-7,9-11H2,1-4H3/b12-8+. The van der Waals surface area contributed by atoms with Crippen molar-refractivity contribution in [3.8, 4) is 0 Å². The molecule has 0 N–H and O–H groups in total. The first-order valence-corrected chi connectivity index (χ1v) is 6.38. The van der Waals surface area contributed by atoms with Gasteiger partial charge < -0.3 is 4.90 Å². The lowest BCUT2D eigenvalue weighted by molar-refractivity contribution is -0.122. The van der Waals surface area contributed by atoms with Gasteiger partial charge in [-0.15, -0.1) is 0 Å². The monoisotopic (exact) mass is 223 g/mol. The second kappa shape index (κ2) is 5.62. The molecule has 0 aromatic rings. The van der Waals surface area contributed by atoms with Gasteiger partial charge in [0.15, 0.2) is 5.78 Å². The molecular formula is C14H25NO. The van der Waals surface area contributed by atoms with Gasteiger partial charge in [-0.1, -0.05) is 32.8 Å². The van der Waals surface area contributed by atoms with Crippen LogP contribution in [-0.4, -0.2) is 31.3 Å². The molecule has 1 aliphatic rings. The van der Waals surface area contributed by atoms with E-state index < -0.39 is 0 Å². The van der Waals surface area contributed by atoms with Crippen molar-refractivity contribution in [1.29, 1.82) is 0 Å². The molecule has 92 valence electrons. The van der Waals surface area contributed by atoms with Crippen molar-refractivity contribution in [2.45, 2.75) is 46.0 Å². The first-order valence-electron chi connectivity index (χ1n) is 6.38. The van der Waals surface area contributed by atoms with Gasteiger partial charge in [0, 0.05) is 12.0 Å². The number of nitrogens with zero attached hydrogens (tertiary/aromatic N) is 1. The zero-order chi connectivity index (χ0) is 12.2. The molecule has 0 radical (unpaired) electrons. The summed E-state index contributed by atoms with van der Waals surface area (Å²) in [6.07, 6.45) is 7.63. The molecule has 0 aromatic heterocycles. The number of rotatable bonds is 5. The van der Waals surface area contributed by atoms with E-state index in [0.717, 1.165) is 31.4 Å². The average molecular weight is 223 g/mol. The third kappa shape index (κ3) is 3.18. The second-order valence-electron chi connectivity index (χ2n) is 5.50. The van der Waals surface area contributed by atoms with E-state index in [1.807, 2.05) is 14.1 Å². The van der Waals surface area contributed by atoms with E-state index in [-0.39, 0.29) is 5.41 Å². The van der Waals surface area contributed by atoms with E-state index in [9.17, 15) is 4.79 Å². The Kier molecular flexibility index (Phi) is 4.72. The van der Waals surface area contributed by atoms with Gasteiger partial charge in [0.05, 0.1) is 0 Å². The molecule has 1 fully saturated rings. The van der Waals surface area contributed by atoms with E-state index in [0.29, 0.717) is 5.78 Å². The summed E-state index contributed by atoms with van der Waals surface area (Å²) in [4.78, 5) is 14.4. The van der Waals surface area contributed by atoms with Crippen LogP contribution in [0.4, 0.5) is 0 Å². The van der Waals surface area contributed by atoms with Crippen LogP contribution in [-0.2, 0) is 4.79 Å². The molecular weight excluding hydrogens is 198 g/mol. The third-order valence-electron chi connectivity index (χ3n) is 3.40. The van der Waals surface area contributed by atoms with Gasteiger partial charge in [-0.05, 0) is 38.9 Å². The van der Waals surface area contributed by atoms with Crippen molar-refractivity contribution in [2.24, 2.45) is 5.41 Å². The van der Waals surface area contributed by atoms with E-state index in [1.54, 1.807) is 0 Å². The van der Waals surface area contributed by atoms with Crippen LogP contribution in [0.15, 0.2) is 11.6 Å². The molecule has 0 aliphatic heterocycles. The molecule has 1 unspecified atom stereocenters. The highest BCUT2D eigenvalue weighted by Crippen LogP contribution is 2.38. The Hall–Kier alpha value is -0.630. The topological polar surface area (TPSA) is 20.3 Å². The number of hydrogen-bond acceptors (Lipinski definition) is 2. The minimum absolute atomic E-state index is 0.137. The predicted octanol–water partition coefficient (Wildman–Crippen LogP) is 3.03. The van der Waals surface area contributed by atoms with Crippen LogP contribution >= 0.6 is 0 Å². The van der Waals surface area contributed by atoms with Gasteiger partial charge in [0.25, 0.3) is 0 Å². The fraction of sp³-hybridized carbons (Fsp3) is 0.786. The summed E-state index contributed by atoms with van der Waals surface area (Å²) in [6.45, 7) is 5.16. The van der Waals surface area contributed by atoms with E-state index in [2.05, 4.69) is 24.8 Å². The molecule has 0 saturated heterocycles. The maximum atomic E-state index is 12.3. The molecule has 16 heavy (non-hydrogen) atoms. The molecule has 2 heteroatoms. The van der Waals surface area contributed by atoms with Crippen LogP contribution in [0.25, 0.3) is 0 Å². The fourth-order valence-electron chi connectivity index (χ4n) is 2.55. The Morgan fingerprint density at radius 3 is 2.69 bits per heavy atom. The number of carbonyl (C=O) groups is 1. The molecule has 0 heterocycles. The molecule has 0 amide bonds. The molecule has 1 atom stereocenters.